The van der Waals surface area contributed by atoms with Crippen LogP contribution in [-0.4, -0.2) is 0 Å². The maximum absolute atomic E-state index is 13.9. The number of aryl methyl sites for hydroxylation is 2. The van der Waals surface area contributed by atoms with E-state index in [0.717, 1.165) is 10.0 Å². The maximum atomic E-state index is 13.9. The Morgan fingerprint density at radius 3 is 2.29 bits per heavy atom. The molecule has 4 heteroatoms. The molecule has 0 saturated carbocycles. The fourth-order valence-electron chi connectivity index (χ4n) is 2.37. The van der Waals surface area contributed by atoms with E-state index in [4.69, 9.17) is 0 Å². The summed E-state index contributed by atoms with van der Waals surface area (Å²) in [6, 6.07) is 8.56. The van der Waals surface area contributed by atoms with Gasteiger partial charge in [-0.15, -0.1) is 0 Å². The van der Waals surface area contributed by atoms with E-state index in [9.17, 15) is 8.78 Å². The fourth-order valence-corrected chi connectivity index (χ4v) is 2.70. The molecule has 1 nitrogen and oxygen atoms in total. The van der Waals surface area contributed by atoms with Crippen molar-refractivity contribution >= 4 is 15.9 Å². The first-order valence-corrected chi connectivity index (χ1v) is 7.61. The molecule has 0 aliphatic carbocycles. The molecule has 0 saturated heterocycles. The van der Waals surface area contributed by atoms with Crippen LogP contribution in [0.3, 0.4) is 0 Å². The molecule has 1 N–H and O–H groups in total. The highest BCUT2D eigenvalue weighted by molar-refractivity contribution is 9.10. The summed E-state index contributed by atoms with van der Waals surface area (Å²) < 4.78 is 28.2. The molecule has 0 amide bonds. The minimum absolute atomic E-state index is 0.122. The van der Waals surface area contributed by atoms with Crippen LogP contribution in [0.1, 0.15) is 35.2 Å². The molecule has 112 valence electrons. The van der Waals surface area contributed by atoms with Gasteiger partial charge in [0, 0.05) is 22.6 Å². The van der Waals surface area contributed by atoms with E-state index >= 15 is 0 Å². The summed E-state index contributed by atoms with van der Waals surface area (Å²) >= 11 is 3.25. The van der Waals surface area contributed by atoms with Gasteiger partial charge in [-0.1, -0.05) is 34.1 Å². The standard InChI is InChI=1S/C17H18BrF2N/c1-10-6-13(7-11(2)17(10)20)9-21-12(3)15-5-4-14(18)8-16(15)19/h4-8,12,21H,9H2,1-3H3. The second-order valence-electron chi connectivity index (χ2n) is 5.31. The van der Waals surface area contributed by atoms with Gasteiger partial charge >= 0.3 is 0 Å². The minimum Gasteiger partial charge on any atom is -0.306 e. The summed E-state index contributed by atoms with van der Waals surface area (Å²) in [6.07, 6.45) is 0. The lowest BCUT2D eigenvalue weighted by atomic mass is 10.0. The first-order chi connectivity index (χ1) is 9.88. The van der Waals surface area contributed by atoms with Gasteiger partial charge in [-0.05, 0) is 49.6 Å². The lowest BCUT2D eigenvalue weighted by Gasteiger charge is -2.16. The minimum atomic E-state index is -0.240. The highest BCUT2D eigenvalue weighted by Crippen LogP contribution is 2.22. The van der Waals surface area contributed by atoms with Gasteiger partial charge in [-0.25, -0.2) is 8.78 Å². The molecule has 0 aliphatic heterocycles. The van der Waals surface area contributed by atoms with Crippen LogP contribution in [-0.2, 0) is 6.54 Å². The first-order valence-electron chi connectivity index (χ1n) is 6.82. The molecule has 0 heterocycles. The average Bonchev–Trinajstić information content (AvgIpc) is 2.42. The molecule has 0 aliphatic rings. The van der Waals surface area contributed by atoms with Gasteiger partial charge in [0.05, 0.1) is 0 Å². The number of benzene rings is 2. The van der Waals surface area contributed by atoms with Crippen molar-refractivity contribution in [2.45, 2.75) is 33.4 Å². The van der Waals surface area contributed by atoms with Crippen molar-refractivity contribution in [2.75, 3.05) is 0 Å². The molecule has 2 aromatic rings. The predicted molar refractivity (Wildman–Crippen MR) is 85.2 cm³/mol. The quantitative estimate of drug-likeness (QED) is 0.796. The second kappa shape index (κ2) is 6.67. The molecular formula is C17H18BrF2N. The van der Waals surface area contributed by atoms with Crippen molar-refractivity contribution in [3.63, 3.8) is 0 Å². The van der Waals surface area contributed by atoms with E-state index in [1.807, 2.05) is 25.1 Å². The second-order valence-corrected chi connectivity index (χ2v) is 6.23. The molecule has 0 radical (unpaired) electrons. The van der Waals surface area contributed by atoms with Gasteiger partial charge < -0.3 is 5.32 Å². The number of hydrogen-bond donors (Lipinski definition) is 1. The van der Waals surface area contributed by atoms with Gasteiger partial charge in [0.2, 0.25) is 0 Å². The Labute approximate surface area is 132 Å². The third-order valence-corrected chi connectivity index (χ3v) is 4.03. The van der Waals surface area contributed by atoms with E-state index < -0.39 is 0 Å². The van der Waals surface area contributed by atoms with Crippen molar-refractivity contribution in [3.05, 3.63) is 68.7 Å². The van der Waals surface area contributed by atoms with Crippen LogP contribution in [0.5, 0.6) is 0 Å². The summed E-state index contributed by atoms with van der Waals surface area (Å²) in [4.78, 5) is 0. The van der Waals surface area contributed by atoms with Crippen LogP contribution in [0.2, 0.25) is 0 Å². The molecule has 2 aromatic carbocycles. The Kier molecular flexibility index (Phi) is 5.12. The van der Waals surface area contributed by atoms with Crippen LogP contribution >= 0.6 is 15.9 Å². The Bertz CT molecular complexity index is 632. The van der Waals surface area contributed by atoms with E-state index in [2.05, 4.69) is 21.2 Å². The lowest BCUT2D eigenvalue weighted by molar-refractivity contribution is 0.527. The van der Waals surface area contributed by atoms with Crippen LogP contribution in [0, 0.1) is 25.5 Å². The van der Waals surface area contributed by atoms with Crippen molar-refractivity contribution in [1.29, 1.82) is 0 Å². The topological polar surface area (TPSA) is 12.0 Å². The summed E-state index contributed by atoms with van der Waals surface area (Å²) in [5.41, 5.74) is 2.88. The van der Waals surface area contributed by atoms with Crippen LogP contribution < -0.4 is 5.32 Å². The molecule has 1 unspecified atom stereocenters. The molecule has 0 fully saturated rings. The zero-order chi connectivity index (χ0) is 15.6. The average molecular weight is 354 g/mol. The van der Waals surface area contributed by atoms with Gasteiger partial charge in [0.25, 0.3) is 0 Å². The molecule has 1 atom stereocenters. The Balaban J connectivity index is 2.09. The smallest absolute Gasteiger partial charge is 0.129 e. The highest BCUT2D eigenvalue weighted by Gasteiger charge is 2.11. The van der Waals surface area contributed by atoms with E-state index in [-0.39, 0.29) is 17.7 Å². The Hall–Kier alpha value is -1.26. The maximum Gasteiger partial charge on any atom is 0.129 e. The molecule has 0 bridgehead atoms. The Morgan fingerprint density at radius 1 is 1.10 bits per heavy atom. The summed E-state index contributed by atoms with van der Waals surface area (Å²) in [6.45, 7) is 5.99. The largest absolute Gasteiger partial charge is 0.306 e. The molecule has 0 spiro atoms. The molecular weight excluding hydrogens is 336 g/mol. The van der Waals surface area contributed by atoms with E-state index in [1.54, 1.807) is 19.9 Å². The van der Waals surface area contributed by atoms with Gasteiger partial charge in [0.1, 0.15) is 11.6 Å². The third-order valence-electron chi connectivity index (χ3n) is 3.54. The van der Waals surface area contributed by atoms with Crippen LogP contribution in [0.25, 0.3) is 0 Å². The number of rotatable bonds is 4. The summed E-state index contributed by atoms with van der Waals surface area (Å²) in [5, 5.41) is 3.27. The third kappa shape index (κ3) is 3.89. The zero-order valence-electron chi connectivity index (χ0n) is 12.3. The van der Waals surface area contributed by atoms with Gasteiger partial charge in [-0.3, -0.25) is 0 Å². The number of halogens is 3. The summed E-state index contributed by atoms with van der Waals surface area (Å²) in [5.74, 6) is -0.401. The van der Waals surface area contributed by atoms with Crippen LogP contribution in [0.15, 0.2) is 34.8 Å². The molecule has 0 aromatic heterocycles. The van der Waals surface area contributed by atoms with E-state index in [0.29, 0.717) is 23.2 Å². The highest BCUT2D eigenvalue weighted by atomic mass is 79.9. The summed E-state index contributed by atoms with van der Waals surface area (Å²) in [7, 11) is 0. The zero-order valence-corrected chi connectivity index (χ0v) is 13.9. The van der Waals surface area contributed by atoms with Crippen molar-refractivity contribution in [2.24, 2.45) is 0 Å². The predicted octanol–water partition coefficient (Wildman–Crippen LogP) is 5.19. The molecule has 21 heavy (non-hydrogen) atoms. The van der Waals surface area contributed by atoms with Crippen LogP contribution in [0.4, 0.5) is 8.78 Å². The SMILES string of the molecule is Cc1cc(CNC(C)c2ccc(Br)cc2F)cc(C)c1F. The monoisotopic (exact) mass is 353 g/mol. The van der Waals surface area contributed by atoms with Gasteiger partial charge in [-0.2, -0.15) is 0 Å². The van der Waals surface area contributed by atoms with Crippen molar-refractivity contribution in [1.82, 2.24) is 5.32 Å². The number of hydrogen-bond acceptors (Lipinski definition) is 1. The van der Waals surface area contributed by atoms with E-state index in [1.165, 1.54) is 6.07 Å². The lowest BCUT2D eigenvalue weighted by Crippen LogP contribution is -2.19. The van der Waals surface area contributed by atoms with Crippen molar-refractivity contribution in [3.8, 4) is 0 Å². The van der Waals surface area contributed by atoms with Crippen molar-refractivity contribution < 1.29 is 8.78 Å². The fraction of sp³-hybridized carbons (Fsp3) is 0.294. The first kappa shape index (κ1) is 16.1. The molecule has 2 rings (SSSR count). The Morgan fingerprint density at radius 2 is 1.71 bits per heavy atom. The van der Waals surface area contributed by atoms with Gasteiger partial charge in [0.15, 0.2) is 0 Å². The number of nitrogens with one attached hydrogen (secondary N) is 1. The normalized spacial score (nSPS) is 12.5.